The number of aryl methyl sites for hydroxylation is 1. The van der Waals surface area contributed by atoms with Gasteiger partial charge in [-0.15, -0.1) is 0 Å². The lowest BCUT2D eigenvalue weighted by molar-refractivity contribution is 0.976. The van der Waals surface area contributed by atoms with Crippen LogP contribution < -0.4 is 0 Å². The van der Waals surface area contributed by atoms with Crippen molar-refractivity contribution in [3.63, 3.8) is 0 Å². The van der Waals surface area contributed by atoms with E-state index in [4.69, 9.17) is 0 Å². The highest BCUT2D eigenvalue weighted by molar-refractivity contribution is 7.98. The van der Waals surface area contributed by atoms with Crippen LogP contribution in [0.15, 0.2) is 47.8 Å². The summed E-state index contributed by atoms with van der Waals surface area (Å²) in [5.74, 6) is 0. The molecule has 1 aromatic carbocycles. The van der Waals surface area contributed by atoms with E-state index in [0.29, 0.717) is 0 Å². The number of thioether (sulfide) groups is 1. The highest BCUT2D eigenvalue weighted by Crippen LogP contribution is 2.17. The molecule has 3 rings (SSSR count). The Morgan fingerprint density at radius 3 is 2.70 bits per heavy atom. The molecule has 100 valence electrons. The summed E-state index contributed by atoms with van der Waals surface area (Å²) >= 11 is 1.53. The van der Waals surface area contributed by atoms with Gasteiger partial charge in [0.25, 0.3) is 0 Å². The molecule has 0 spiro atoms. The quantitative estimate of drug-likeness (QED) is 0.542. The molecule has 0 aliphatic heterocycles. The largest absolute Gasteiger partial charge is 0.233 e. The number of pyridine rings is 1. The van der Waals surface area contributed by atoms with Gasteiger partial charge in [0.2, 0.25) is 0 Å². The van der Waals surface area contributed by atoms with Crippen molar-refractivity contribution in [1.29, 1.82) is 0 Å². The Morgan fingerprint density at radius 1 is 1.05 bits per heavy atom. The van der Waals surface area contributed by atoms with Crippen molar-refractivity contribution >= 4 is 22.8 Å². The summed E-state index contributed by atoms with van der Waals surface area (Å²) in [6.07, 6.45) is 4.64. The minimum Gasteiger partial charge on any atom is -0.233 e. The lowest BCUT2D eigenvalue weighted by atomic mass is 10.0. The molecule has 0 atom stereocenters. The van der Waals surface area contributed by atoms with E-state index in [2.05, 4.69) is 52.2 Å². The third-order valence-electron chi connectivity index (χ3n) is 3.29. The molecule has 0 amide bonds. The fourth-order valence-corrected chi connectivity index (χ4v) is 2.47. The third kappa shape index (κ3) is 2.65. The average Bonchev–Trinajstić information content (AvgIpc) is 2.49. The summed E-state index contributed by atoms with van der Waals surface area (Å²) in [6, 6.07) is 12.5. The number of nitrogens with zero attached hydrogens (tertiary/aromatic N) is 3. The monoisotopic (exact) mass is 281 g/mol. The van der Waals surface area contributed by atoms with Crippen molar-refractivity contribution in [3.8, 4) is 0 Å². The second-order valence-electron chi connectivity index (χ2n) is 4.68. The Labute approximate surface area is 122 Å². The van der Waals surface area contributed by atoms with E-state index >= 15 is 0 Å². The molecule has 0 aliphatic rings. The van der Waals surface area contributed by atoms with E-state index in [0.717, 1.165) is 28.3 Å². The number of benzene rings is 1. The van der Waals surface area contributed by atoms with Gasteiger partial charge in [0.15, 0.2) is 10.8 Å². The van der Waals surface area contributed by atoms with Gasteiger partial charge in [-0.25, -0.2) is 15.0 Å². The van der Waals surface area contributed by atoms with Crippen molar-refractivity contribution in [2.45, 2.75) is 18.5 Å². The first-order chi connectivity index (χ1) is 9.76. The Bertz CT molecular complexity index is 756. The fourth-order valence-electron chi connectivity index (χ4n) is 2.13. The Balaban J connectivity index is 1.98. The smallest absolute Gasteiger partial charge is 0.189 e. The van der Waals surface area contributed by atoms with Crippen molar-refractivity contribution in [3.05, 3.63) is 59.4 Å². The minimum atomic E-state index is 0.762. The second kappa shape index (κ2) is 5.59. The van der Waals surface area contributed by atoms with Crippen LogP contribution >= 0.6 is 11.8 Å². The van der Waals surface area contributed by atoms with Crippen LogP contribution in [0.3, 0.4) is 0 Å². The van der Waals surface area contributed by atoms with Crippen molar-refractivity contribution in [2.24, 2.45) is 0 Å². The molecular formula is C16H15N3S. The SMILES string of the molecule is CSc1ncc2ccc(Cc3ccccc3C)nc2n1. The standard InChI is InChI=1S/C16H15N3S/c1-11-5-3-4-6-12(11)9-14-8-7-13-10-17-16(20-2)19-15(13)18-14/h3-8,10H,9H2,1-2H3. The summed E-state index contributed by atoms with van der Waals surface area (Å²) in [7, 11) is 0. The Hall–Kier alpha value is -1.94. The average molecular weight is 281 g/mol. The molecule has 4 heteroatoms. The molecule has 0 bridgehead atoms. The normalized spacial score (nSPS) is 10.9. The molecule has 0 aliphatic carbocycles. The van der Waals surface area contributed by atoms with Crippen LogP contribution in [0, 0.1) is 6.92 Å². The summed E-state index contributed by atoms with van der Waals surface area (Å²) in [5, 5.41) is 1.74. The van der Waals surface area contributed by atoms with Gasteiger partial charge in [0.05, 0.1) is 0 Å². The van der Waals surface area contributed by atoms with Gasteiger partial charge in [-0.1, -0.05) is 36.0 Å². The molecule has 0 radical (unpaired) electrons. The van der Waals surface area contributed by atoms with Crippen LogP contribution in [0.4, 0.5) is 0 Å². The second-order valence-corrected chi connectivity index (χ2v) is 5.45. The molecule has 0 N–H and O–H groups in total. The molecule has 0 saturated heterocycles. The van der Waals surface area contributed by atoms with Crippen LogP contribution in [0.1, 0.15) is 16.8 Å². The zero-order valence-corrected chi connectivity index (χ0v) is 12.3. The Kier molecular flexibility index (Phi) is 3.65. The van der Waals surface area contributed by atoms with E-state index in [-0.39, 0.29) is 0 Å². The van der Waals surface area contributed by atoms with E-state index in [1.165, 1.54) is 22.9 Å². The zero-order valence-electron chi connectivity index (χ0n) is 11.5. The molecule has 2 heterocycles. The number of fused-ring (bicyclic) bond motifs is 1. The van der Waals surface area contributed by atoms with Gasteiger partial charge >= 0.3 is 0 Å². The molecule has 3 aromatic rings. The molecule has 0 unspecified atom stereocenters. The molecule has 0 fully saturated rings. The maximum Gasteiger partial charge on any atom is 0.189 e. The maximum atomic E-state index is 4.66. The molecule has 3 nitrogen and oxygen atoms in total. The summed E-state index contributed by atoms with van der Waals surface area (Å²) < 4.78 is 0. The van der Waals surface area contributed by atoms with Gasteiger partial charge in [0.1, 0.15) is 0 Å². The van der Waals surface area contributed by atoms with Gasteiger partial charge in [-0.3, -0.25) is 0 Å². The number of hydrogen-bond donors (Lipinski definition) is 0. The zero-order chi connectivity index (χ0) is 13.9. The van der Waals surface area contributed by atoms with Crippen LogP contribution in [0.5, 0.6) is 0 Å². The molecule has 20 heavy (non-hydrogen) atoms. The van der Waals surface area contributed by atoms with Gasteiger partial charge < -0.3 is 0 Å². The predicted molar refractivity (Wildman–Crippen MR) is 83.1 cm³/mol. The van der Waals surface area contributed by atoms with Gasteiger partial charge in [-0.2, -0.15) is 0 Å². The first kappa shape index (κ1) is 13.1. The third-order valence-corrected chi connectivity index (χ3v) is 3.86. The fraction of sp³-hybridized carbons (Fsp3) is 0.188. The van der Waals surface area contributed by atoms with Gasteiger partial charge in [-0.05, 0) is 36.4 Å². The van der Waals surface area contributed by atoms with E-state index < -0.39 is 0 Å². The van der Waals surface area contributed by atoms with Crippen molar-refractivity contribution in [1.82, 2.24) is 15.0 Å². The van der Waals surface area contributed by atoms with E-state index in [9.17, 15) is 0 Å². The Morgan fingerprint density at radius 2 is 1.90 bits per heavy atom. The van der Waals surface area contributed by atoms with E-state index in [1.807, 2.05) is 18.5 Å². The number of aromatic nitrogens is 3. The number of rotatable bonds is 3. The molecule has 0 saturated carbocycles. The highest BCUT2D eigenvalue weighted by Gasteiger charge is 2.04. The van der Waals surface area contributed by atoms with E-state index in [1.54, 1.807) is 0 Å². The summed E-state index contributed by atoms with van der Waals surface area (Å²) in [5.41, 5.74) is 4.41. The summed E-state index contributed by atoms with van der Waals surface area (Å²) in [4.78, 5) is 13.4. The van der Waals surface area contributed by atoms with Gasteiger partial charge in [0, 0.05) is 23.7 Å². The van der Waals surface area contributed by atoms with Crippen LogP contribution in [-0.2, 0) is 6.42 Å². The predicted octanol–water partition coefficient (Wildman–Crippen LogP) is 3.65. The van der Waals surface area contributed by atoms with Crippen molar-refractivity contribution in [2.75, 3.05) is 6.26 Å². The maximum absolute atomic E-state index is 4.66. The first-order valence-corrected chi connectivity index (χ1v) is 7.70. The first-order valence-electron chi connectivity index (χ1n) is 6.47. The van der Waals surface area contributed by atoms with Crippen molar-refractivity contribution < 1.29 is 0 Å². The topological polar surface area (TPSA) is 38.7 Å². The highest BCUT2D eigenvalue weighted by atomic mass is 32.2. The summed E-state index contributed by atoms with van der Waals surface area (Å²) in [6.45, 7) is 2.13. The lowest BCUT2D eigenvalue weighted by Crippen LogP contribution is -1.97. The van der Waals surface area contributed by atoms with Crippen LogP contribution in [0.25, 0.3) is 11.0 Å². The minimum absolute atomic E-state index is 0.762. The molecule has 2 aromatic heterocycles. The van der Waals surface area contributed by atoms with Crippen LogP contribution in [-0.4, -0.2) is 21.2 Å². The lowest BCUT2D eigenvalue weighted by Gasteiger charge is -2.06. The van der Waals surface area contributed by atoms with Crippen LogP contribution in [0.2, 0.25) is 0 Å². The molecular weight excluding hydrogens is 266 g/mol. The number of hydrogen-bond acceptors (Lipinski definition) is 4.